The standard InChI is InChI=1S/C49H103N5O21Si5.C13H31N5O5Si.C9H18O5Si.6Fe/c1-64-76(9,65-2)39-14-35-72-46(57)20-29-53(30-21-47(58)73-36-15-40-77(10,66-3)67-4)33-24-50-44(55)18-27-52(26-13-43-80(61,62)63)28-19-45(56)51-25-34-54(31-22-48(59)74-37-16-41-78(11,68-5)69-6)32-23-49(60)75-38-17-42-79(12,70-7)71-8;14-4-6-16-12(19)2-9-18(8-1-11-24(21,22)23)10-3-13(20)17-7-5-15;1-5-9(10)14-7-6-8-15(11-2,12-3)13-4;;;;;;/h61-63H,13-43H2,1-12H3,(H,50,55)(H,51,56);21-23H,1-11,14-15H2,(H,16,19)(H,17,20);5H,1,6-8H2,2-4H3;;;;;;. The van der Waals surface area contributed by atoms with Crippen molar-refractivity contribution in [2.24, 2.45) is 11.5 Å². The van der Waals surface area contributed by atoms with Gasteiger partial charge in [-0.2, -0.15) is 0 Å². The molecule has 0 aromatic heterocycles. The summed E-state index contributed by atoms with van der Waals surface area (Å²) >= 11 is 0. The number of nitrogens with zero attached hydrogens (tertiary/aromatic N) is 4. The van der Waals surface area contributed by atoms with Crippen LogP contribution in [-0.4, -0.2) is 392 Å². The summed E-state index contributed by atoms with van der Waals surface area (Å²) in [5.74, 6) is -2.90. The molecule has 0 atom stereocenters. The molecule has 41 nitrogen and oxygen atoms in total. The van der Waals surface area contributed by atoms with Gasteiger partial charge in [0.1, 0.15) is 0 Å². The van der Waals surface area contributed by atoms with Gasteiger partial charge >= 0.3 is 90.5 Å². The van der Waals surface area contributed by atoms with Crippen molar-refractivity contribution in [1.29, 1.82) is 0 Å². The Kier molecular flexibility index (Phi) is 96.9. The zero-order valence-corrected chi connectivity index (χ0v) is 89.7. The van der Waals surface area contributed by atoms with Crippen LogP contribution in [0.25, 0.3) is 0 Å². The minimum Gasteiger partial charge on any atom is -0.466 e. The van der Waals surface area contributed by atoms with Crippen molar-refractivity contribution in [1.82, 2.24) is 40.9 Å². The molecule has 0 aromatic carbocycles. The van der Waals surface area contributed by atoms with Crippen molar-refractivity contribution >= 4 is 114 Å². The predicted octanol–water partition coefficient (Wildman–Crippen LogP) is -0.543. The van der Waals surface area contributed by atoms with E-state index in [0.717, 1.165) is 6.08 Å². The van der Waals surface area contributed by atoms with Gasteiger partial charge in [0, 0.05) is 335 Å². The minimum atomic E-state index is -4.34. The van der Waals surface area contributed by atoms with Crippen LogP contribution >= 0.6 is 0 Å². The molecular formula is C71H152Fe6N10O31Si7. The molecule has 14 N–H and O–H groups in total. The maximum absolute atomic E-state index is 13.2. The summed E-state index contributed by atoms with van der Waals surface area (Å²) in [5.41, 5.74) is 10.6. The van der Waals surface area contributed by atoms with Gasteiger partial charge in [0.25, 0.3) is 0 Å². The molecule has 125 heavy (non-hydrogen) atoms. The molecule has 54 heteroatoms. The summed E-state index contributed by atoms with van der Waals surface area (Å²) in [6.45, 7) is 17.8. The first kappa shape index (κ1) is 142. The molecular weight excluding hydrogens is 2020 g/mol. The van der Waals surface area contributed by atoms with E-state index in [0.29, 0.717) is 134 Å². The molecule has 0 radical (unpaired) electrons. The Morgan fingerprint density at radius 1 is 0.296 bits per heavy atom. The van der Waals surface area contributed by atoms with E-state index in [1.807, 2.05) is 45.8 Å². The SMILES string of the molecule is C=CC(=O)OCCC[Si](OC)(OC)OC.CO[Si](C)(CCCOC(=O)CCN(CCNC(=O)CCN(CCC[Si](O)(O)O)CCC(=O)NCCN(CCC(=O)OCCC[Si](C)(OC)OC)CCC(=O)OCCC[Si](C)(OC)OC)CCC(=O)OCCC[Si](C)(OC)OC)OC.NCCNC(=O)CCN(CCC[Si](O)(O)O)CCC(=O)NCCN.[Fe].[Fe].[Fe].[Fe].[Fe].[Fe]. The van der Waals surface area contributed by atoms with E-state index in [4.69, 9.17) is 98.2 Å². The Morgan fingerprint density at radius 3 is 0.728 bits per heavy atom. The first-order valence-corrected chi connectivity index (χ1v) is 56.5. The second kappa shape index (κ2) is 85.6. The van der Waals surface area contributed by atoms with Crippen LogP contribution in [0.1, 0.15) is 96.3 Å². The van der Waals surface area contributed by atoms with Crippen molar-refractivity contribution in [3.05, 3.63) is 12.7 Å². The number of hydrogen-bond acceptors (Lipinski definition) is 37. The van der Waals surface area contributed by atoms with Crippen LogP contribution in [0.3, 0.4) is 0 Å². The summed E-state index contributed by atoms with van der Waals surface area (Å²) in [6, 6.07) is 2.90. The molecule has 4 amide bonds. The Balaban J connectivity index is -0.000000350. The molecule has 0 unspecified atom stereocenters. The summed E-state index contributed by atoms with van der Waals surface area (Å²) in [6.07, 6.45) is 5.45. The zero-order chi connectivity index (χ0) is 90.7. The predicted molar refractivity (Wildman–Crippen MR) is 458 cm³/mol. The van der Waals surface area contributed by atoms with E-state index in [9.17, 15) is 57.5 Å². The number of nitrogens with two attached hydrogens (primary N) is 2. The summed E-state index contributed by atoms with van der Waals surface area (Å²) in [4.78, 5) is 175. The number of esters is 5. The average Bonchev–Trinajstić information content (AvgIpc) is 1.86. The molecule has 0 spiro atoms. The molecule has 0 saturated carbocycles. The third-order valence-electron chi connectivity index (χ3n) is 19.1. The Morgan fingerprint density at radius 2 is 0.512 bits per heavy atom. The van der Waals surface area contributed by atoms with E-state index in [2.05, 4.69) is 27.8 Å². The molecule has 0 rings (SSSR count). The van der Waals surface area contributed by atoms with Crippen LogP contribution in [0, 0.1) is 0 Å². The Hall–Kier alpha value is -1.31. The van der Waals surface area contributed by atoms with Crippen LogP contribution in [0.5, 0.6) is 0 Å². The number of carbonyl (C=O) groups excluding carboxylic acids is 9. The largest absolute Gasteiger partial charge is 0.500 e. The number of amides is 4. The van der Waals surface area contributed by atoms with E-state index < -0.39 is 90.5 Å². The smallest absolute Gasteiger partial charge is 0.466 e. The van der Waals surface area contributed by atoms with Crippen LogP contribution < -0.4 is 32.7 Å². The van der Waals surface area contributed by atoms with E-state index in [-0.39, 0.29) is 281 Å². The number of carbonyl (C=O) groups is 9. The second-order valence-electron chi connectivity index (χ2n) is 28.3. The van der Waals surface area contributed by atoms with Gasteiger partial charge in [-0.05, 0) is 108 Å². The molecule has 0 aliphatic rings. The van der Waals surface area contributed by atoms with Crippen molar-refractivity contribution < 1.29 is 247 Å². The molecule has 748 valence electrons. The van der Waals surface area contributed by atoms with Crippen LogP contribution in [0.2, 0.25) is 68.5 Å². The van der Waals surface area contributed by atoms with Gasteiger partial charge in [0.05, 0.1) is 58.7 Å². The Bertz CT molecular complexity index is 2520. The van der Waals surface area contributed by atoms with Crippen molar-refractivity contribution in [3.63, 3.8) is 0 Å². The molecule has 0 saturated heterocycles. The van der Waals surface area contributed by atoms with Gasteiger partial charge in [0.2, 0.25) is 23.6 Å². The number of ether oxygens (including phenoxy) is 5. The van der Waals surface area contributed by atoms with Gasteiger partial charge in [-0.15, -0.1) is 0 Å². The van der Waals surface area contributed by atoms with E-state index in [1.54, 1.807) is 78.2 Å². The number of hydrogen-bond donors (Lipinski definition) is 12. The zero-order valence-electron chi connectivity index (χ0n) is 76.1. The molecule has 0 aromatic rings. The summed E-state index contributed by atoms with van der Waals surface area (Å²) < 4.78 is 86.3. The third-order valence-corrected chi connectivity index (χ3v) is 36.0. The molecule has 0 fully saturated rings. The summed E-state index contributed by atoms with van der Waals surface area (Å²) in [7, 11) is -2.68. The molecule has 0 aliphatic carbocycles. The fraction of sp³-hybridized carbons (Fsp3) is 0.845. The van der Waals surface area contributed by atoms with Gasteiger partial charge in [0.15, 0.2) is 0 Å². The van der Waals surface area contributed by atoms with E-state index in [1.165, 1.54) is 0 Å². The van der Waals surface area contributed by atoms with Gasteiger partial charge in [-0.1, -0.05) is 6.58 Å². The summed E-state index contributed by atoms with van der Waals surface area (Å²) in [5, 5.41) is 11.1. The maximum atomic E-state index is 13.2. The van der Waals surface area contributed by atoms with Crippen molar-refractivity contribution in [2.75, 3.05) is 229 Å². The Labute approximate surface area is 813 Å². The molecule has 0 bridgehead atoms. The normalized spacial score (nSPS) is 11.6. The van der Waals surface area contributed by atoms with Gasteiger partial charge in [-0.25, -0.2) is 4.79 Å². The third kappa shape index (κ3) is 81.9. The first-order valence-electron chi connectivity index (χ1n) is 40.4. The molecule has 0 aliphatic heterocycles. The van der Waals surface area contributed by atoms with Crippen molar-refractivity contribution in [3.8, 4) is 0 Å². The number of rotatable bonds is 74. The minimum absolute atomic E-state index is 0. The number of nitrogens with one attached hydrogen (secondary N) is 4. The van der Waals surface area contributed by atoms with Crippen LogP contribution in [-0.2, 0) is 218 Å². The van der Waals surface area contributed by atoms with E-state index >= 15 is 0 Å². The van der Waals surface area contributed by atoms with Crippen molar-refractivity contribution in [2.45, 2.75) is 165 Å². The van der Waals surface area contributed by atoms with Gasteiger partial charge in [-0.3, -0.25) is 38.4 Å². The van der Waals surface area contributed by atoms with Crippen LogP contribution in [0.15, 0.2) is 12.7 Å². The maximum Gasteiger partial charge on any atom is 0.500 e. The van der Waals surface area contributed by atoms with Crippen LogP contribution in [0.4, 0.5) is 0 Å². The monoisotopic (exact) mass is 2170 g/mol. The second-order valence-corrected chi connectivity index (χ2v) is 49.9. The molecule has 0 heterocycles. The topological polar surface area (TPSA) is 536 Å². The fourth-order valence-electron chi connectivity index (χ4n) is 10.8. The quantitative estimate of drug-likeness (QED) is 0.0120. The first-order chi connectivity index (χ1) is 56.2. The van der Waals surface area contributed by atoms with Gasteiger partial charge < -0.3 is 153 Å². The fourth-order valence-corrected chi connectivity index (χ4v) is 19.2. The average molecular weight is 2170 g/mol.